The summed E-state index contributed by atoms with van der Waals surface area (Å²) in [5.74, 6) is -4.78. The van der Waals surface area contributed by atoms with Crippen molar-refractivity contribution in [3.63, 3.8) is 0 Å². The predicted molar refractivity (Wildman–Crippen MR) is 258 cm³/mol. The molecule has 6 heterocycles. The second-order valence-electron chi connectivity index (χ2n) is 18.3. The van der Waals surface area contributed by atoms with E-state index in [4.69, 9.17) is 14.5 Å². The normalized spacial score (nSPS) is 17.9. The van der Waals surface area contributed by atoms with Crippen molar-refractivity contribution < 1.29 is 47.4 Å². The van der Waals surface area contributed by atoms with E-state index < -0.39 is 60.0 Å². The minimum atomic E-state index is -1.13. The van der Waals surface area contributed by atoms with E-state index in [9.17, 15) is 38.4 Å². The molecule has 3 aliphatic rings. The lowest BCUT2D eigenvalue weighted by atomic mass is 9.96. The van der Waals surface area contributed by atoms with E-state index in [2.05, 4.69) is 31.3 Å². The van der Waals surface area contributed by atoms with Crippen LogP contribution in [0, 0.1) is 5.82 Å². The standard InChI is InChI=1S/C50H48FN11O10/c1-24(2)62-35-12-6-25(17-27(35)21-54-62)40-41-43-37(59(3)50(70)60(43)30-9-7-28(19-30)56-49(69)71-4)22-53-44(41)58-42(40)26-5-10-32(34(51)18-26)45(65)52-15-16-72-23-39(64)55-29-8-11-31-33(20-29)48(68)61(47(31)67)36-13-14-38(63)57-46(36)66/h5-6,8,10-12,17-18,20-22,24,28,30,36H,7,9,13-16,19,23H2,1-4H3,(H,52,65)(H,53,58)(H,55,64)(H,56,69)(H,57,63,66)/t28-,30-,36?/m1/s1. The van der Waals surface area contributed by atoms with Crippen LogP contribution in [0.15, 0.2) is 71.8 Å². The van der Waals surface area contributed by atoms with Crippen molar-refractivity contribution in [2.45, 2.75) is 70.1 Å². The van der Waals surface area contributed by atoms with Crippen molar-refractivity contribution in [3.8, 4) is 22.4 Å². The number of hydrogen-bond acceptors (Lipinski definition) is 12. The molecule has 7 amide bonds. The number of benzene rings is 3. The maximum absolute atomic E-state index is 16.2. The van der Waals surface area contributed by atoms with Gasteiger partial charge in [-0.05, 0) is 87.6 Å². The number of imide groups is 2. The maximum atomic E-state index is 16.2. The lowest BCUT2D eigenvalue weighted by Crippen LogP contribution is -2.54. The molecule has 2 fully saturated rings. The van der Waals surface area contributed by atoms with Crippen LogP contribution in [0.4, 0.5) is 14.9 Å². The number of methoxy groups -OCH3 is 1. The number of ether oxygens (including phenoxy) is 2. The van der Waals surface area contributed by atoms with Crippen LogP contribution in [-0.4, -0.2) is 114 Å². The molecule has 370 valence electrons. The molecule has 1 aliphatic carbocycles. The number of piperidine rings is 1. The van der Waals surface area contributed by atoms with Crippen molar-refractivity contribution in [2.24, 2.45) is 7.05 Å². The Morgan fingerprint density at radius 3 is 2.47 bits per heavy atom. The topological polar surface area (TPSA) is 263 Å². The summed E-state index contributed by atoms with van der Waals surface area (Å²) >= 11 is 0. The number of H-pyrrole nitrogens is 1. The Bertz CT molecular complexity index is 3520. The van der Waals surface area contributed by atoms with Gasteiger partial charge in [-0.15, -0.1) is 0 Å². The minimum Gasteiger partial charge on any atom is -0.453 e. The van der Waals surface area contributed by atoms with Gasteiger partial charge in [-0.1, -0.05) is 12.1 Å². The molecule has 3 aromatic carbocycles. The lowest BCUT2D eigenvalue weighted by Gasteiger charge is -2.27. The fourth-order valence-electron chi connectivity index (χ4n) is 10.1. The van der Waals surface area contributed by atoms with E-state index in [1.165, 1.54) is 37.4 Å². The number of aromatic amines is 1. The fourth-order valence-corrected chi connectivity index (χ4v) is 10.1. The predicted octanol–water partition coefficient (Wildman–Crippen LogP) is 4.86. The second kappa shape index (κ2) is 18.7. The summed E-state index contributed by atoms with van der Waals surface area (Å²) in [6.07, 6.45) is 4.58. The Morgan fingerprint density at radius 1 is 0.917 bits per heavy atom. The van der Waals surface area contributed by atoms with Gasteiger partial charge in [0, 0.05) is 60.3 Å². The monoisotopic (exact) mass is 981 g/mol. The zero-order valence-corrected chi connectivity index (χ0v) is 39.5. The van der Waals surface area contributed by atoms with Gasteiger partial charge in [0.15, 0.2) is 0 Å². The smallest absolute Gasteiger partial charge is 0.407 e. The van der Waals surface area contributed by atoms with Crippen LogP contribution in [0.1, 0.15) is 89.1 Å². The first-order chi connectivity index (χ1) is 34.6. The molecule has 10 rings (SSSR count). The molecule has 22 heteroatoms. The number of aryl methyl sites for hydroxylation is 1. The fraction of sp³-hybridized carbons (Fsp3) is 0.320. The van der Waals surface area contributed by atoms with Crippen molar-refractivity contribution in [3.05, 3.63) is 100.0 Å². The molecule has 72 heavy (non-hydrogen) atoms. The van der Waals surface area contributed by atoms with E-state index in [1.807, 2.05) is 36.7 Å². The highest BCUT2D eigenvalue weighted by molar-refractivity contribution is 6.24. The van der Waals surface area contributed by atoms with Gasteiger partial charge in [-0.3, -0.25) is 52.8 Å². The van der Waals surface area contributed by atoms with Crippen LogP contribution in [0.3, 0.4) is 0 Å². The van der Waals surface area contributed by atoms with Crippen molar-refractivity contribution in [1.29, 1.82) is 0 Å². The molecule has 1 saturated carbocycles. The van der Waals surface area contributed by atoms with E-state index in [1.54, 1.807) is 34.6 Å². The molecule has 21 nitrogen and oxygen atoms in total. The molecule has 1 saturated heterocycles. The first-order valence-corrected chi connectivity index (χ1v) is 23.4. The number of nitrogens with zero attached hydrogens (tertiary/aromatic N) is 6. The number of carbonyl (C=O) groups excluding carboxylic acids is 7. The van der Waals surface area contributed by atoms with Crippen LogP contribution in [0.25, 0.3) is 55.4 Å². The maximum Gasteiger partial charge on any atom is 0.407 e. The third-order valence-electron chi connectivity index (χ3n) is 13.5. The largest absolute Gasteiger partial charge is 0.453 e. The summed E-state index contributed by atoms with van der Waals surface area (Å²) in [5, 5.41) is 16.3. The van der Waals surface area contributed by atoms with Gasteiger partial charge < -0.3 is 30.4 Å². The van der Waals surface area contributed by atoms with Gasteiger partial charge in [0.1, 0.15) is 24.1 Å². The van der Waals surface area contributed by atoms with Crippen molar-refractivity contribution >= 4 is 80.2 Å². The summed E-state index contributed by atoms with van der Waals surface area (Å²) in [6.45, 7) is 3.43. The number of amides is 7. The number of rotatable bonds is 13. The summed E-state index contributed by atoms with van der Waals surface area (Å²) in [4.78, 5) is 112. The van der Waals surface area contributed by atoms with Crippen molar-refractivity contribution in [2.75, 3.05) is 32.2 Å². The number of nitrogens with one attached hydrogen (secondary N) is 5. The molecular weight excluding hydrogens is 934 g/mol. The van der Waals surface area contributed by atoms with Crippen LogP contribution in [0.5, 0.6) is 0 Å². The summed E-state index contributed by atoms with van der Waals surface area (Å²) < 4.78 is 31.7. The van der Waals surface area contributed by atoms with Crippen LogP contribution in [-0.2, 0) is 30.9 Å². The highest BCUT2D eigenvalue weighted by Crippen LogP contribution is 2.44. The number of imidazole rings is 1. The Balaban J connectivity index is 0.857. The van der Waals surface area contributed by atoms with Gasteiger partial charge in [-0.25, -0.2) is 19.0 Å². The lowest BCUT2D eigenvalue weighted by molar-refractivity contribution is -0.136. The molecule has 4 aromatic heterocycles. The molecule has 0 bridgehead atoms. The van der Waals surface area contributed by atoms with Crippen LogP contribution < -0.4 is 27.0 Å². The molecule has 2 aliphatic heterocycles. The van der Waals surface area contributed by atoms with E-state index in [0.29, 0.717) is 58.2 Å². The van der Waals surface area contributed by atoms with E-state index >= 15 is 4.39 Å². The average molecular weight is 982 g/mol. The van der Waals surface area contributed by atoms with Gasteiger partial charge in [0.25, 0.3) is 17.7 Å². The van der Waals surface area contributed by atoms with Gasteiger partial charge in [0.05, 0.1) is 70.4 Å². The molecule has 0 radical (unpaired) electrons. The number of anilines is 1. The number of halogens is 1. The Labute approximate surface area is 408 Å². The SMILES string of the molecule is COC(=O)N[C@@H]1CC[C@@H](n2c(=O)n(C)c3cnc4[nH]c(-c5ccc(C(=O)NCCOCC(=O)Nc6ccc7c(c6)C(=O)N(C6CCC(=O)NC6=O)C7=O)c(F)c5)c(-c5ccc6c(cnn6C(C)C)c5)c4c32)C1. The number of alkyl carbamates (subject to hydrolysis) is 1. The number of carbonyl (C=O) groups is 7. The number of fused-ring (bicyclic) bond motifs is 5. The molecule has 7 aromatic rings. The minimum absolute atomic E-state index is 0.00325. The Morgan fingerprint density at radius 2 is 1.71 bits per heavy atom. The van der Waals surface area contributed by atoms with Crippen molar-refractivity contribution in [1.82, 2.24) is 49.7 Å². The highest BCUT2D eigenvalue weighted by atomic mass is 19.1. The molecule has 1 unspecified atom stereocenters. The van der Waals surface area contributed by atoms with E-state index in [-0.39, 0.29) is 72.2 Å². The number of pyridine rings is 1. The third kappa shape index (κ3) is 8.31. The van der Waals surface area contributed by atoms with Crippen LogP contribution in [0.2, 0.25) is 0 Å². The molecule has 3 atom stereocenters. The van der Waals surface area contributed by atoms with Gasteiger partial charge in [-0.2, -0.15) is 5.10 Å². The Hall–Kier alpha value is -8.53. The second-order valence-corrected chi connectivity index (χ2v) is 18.3. The first-order valence-electron chi connectivity index (χ1n) is 23.4. The zero-order chi connectivity index (χ0) is 50.7. The quantitative estimate of drug-likeness (QED) is 0.0767. The molecule has 5 N–H and O–H groups in total. The van der Waals surface area contributed by atoms with E-state index in [0.717, 1.165) is 21.4 Å². The average Bonchev–Trinajstić information content (AvgIpc) is 4.18. The van der Waals surface area contributed by atoms with Crippen LogP contribution >= 0.6 is 0 Å². The number of hydrogen-bond donors (Lipinski definition) is 5. The molecular formula is C50H48FN11O10. The zero-order valence-electron chi connectivity index (χ0n) is 39.5. The number of aromatic nitrogens is 6. The Kier molecular flexibility index (Phi) is 12.2. The summed E-state index contributed by atoms with van der Waals surface area (Å²) in [5.41, 5.74) is 4.59. The summed E-state index contributed by atoms with van der Waals surface area (Å²) in [7, 11) is 2.99. The highest BCUT2D eigenvalue weighted by Gasteiger charge is 2.45. The van der Waals surface area contributed by atoms with Gasteiger partial charge >= 0.3 is 11.8 Å². The molecule has 0 spiro atoms. The van der Waals surface area contributed by atoms with Gasteiger partial charge in [0.2, 0.25) is 17.7 Å². The third-order valence-corrected chi connectivity index (χ3v) is 13.5. The first kappa shape index (κ1) is 47.2. The summed E-state index contributed by atoms with van der Waals surface area (Å²) in [6, 6.07) is 12.7.